The first-order valence-electron chi connectivity index (χ1n) is 5.50. The van der Waals surface area contributed by atoms with E-state index in [9.17, 15) is 13.2 Å². The Labute approximate surface area is 94.4 Å². The fourth-order valence-corrected chi connectivity index (χ4v) is 2.03. The van der Waals surface area contributed by atoms with Gasteiger partial charge in [-0.2, -0.15) is 13.2 Å². The molecule has 0 bridgehead atoms. The molecule has 1 aliphatic heterocycles. The lowest BCUT2D eigenvalue weighted by Crippen LogP contribution is -2.57. The highest BCUT2D eigenvalue weighted by Crippen LogP contribution is 2.23. The summed E-state index contributed by atoms with van der Waals surface area (Å²) in [6.45, 7) is 2.55. The molecule has 0 amide bonds. The highest BCUT2D eigenvalue weighted by atomic mass is 19.4. The molecule has 2 unspecified atom stereocenters. The summed E-state index contributed by atoms with van der Waals surface area (Å²) in [5.74, 6) is 0. The molecule has 16 heavy (non-hydrogen) atoms. The SMILES string of the molecule is CN1CCN(C)C(C(N)CCC(F)(F)F)C1. The minimum Gasteiger partial charge on any atom is -0.326 e. The van der Waals surface area contributed by atoms with Crippen LogP contribution in [0.1, 0.15) is 12.8 Å². The summed E-state index contributed by atoms with van der Waals surface area (Å²) in [6.07, 6.45) is -4.88. The van der Waals surface area contributed by atoms with Gasteiger partial charge in [-0.3, -0.25) is 4.90 Å². The standard InChI is InChI=1S/C10H20F3N3/c1-15-5-6-16(2)9(7-15)8(14)3-4-10(11,12)13/h8-9H,3-7,14H2,1-2H3. The number of alkyl halides is 3. The molecule has 2 N–H and O–H groups in total. The fourth-order valence-electron chi connectivity index (χ4n) is 2.03. The molecule has 1 fully saturated rings. The van der Waals surface area contributed by atoms with Crippen molar-refractivity contribution in [1.29, 1.82) is 0 Å². The van der Waals surface area contributed by atoms with Crippen molar-refractivity contribution in [2.24, 2.45) is 5.73 Å². The van der Waals surface area contributed by atoms with Crippen LogP contribution in [0.3, 0.4) is 0 Å². The molecule has 0 aromatic carbocycles. The molecule has 3 nitrogen and oxygen atoms in total. The average Bonchev–Trinajstić information content (AvgIpc) is 2.17. The van der Waals surface area contributed by atoms with Crippen LogP contribution in [-0.4, -0.2) is 61.8 Å². The van der Waals surface area contributed by atoms with Crippen LogP contribution in [0.25, 0.3) is 0 Å². The minimum absolute atomic E-state index is 0.00630. The van der Waals surface area contributed by atoms with Crippen LogP contribution in [0, 0.1) is 0 Å². The number of halogens is 3. The lowest BCUT2D eigenvalue weighted by molar-refractivity contribution is -0.137. The topological polar surface area (TPSA) is 32.5 Å². The van der Waals surface area contributed by atoms with Gasteiger partial charge in [0.2, 0.25) is 0 Å². The van der Waals surface area contributed by atoms with E-state index in [4.69, 9.17) is 5.73 Å². The van der Waals surface area contributed by atoms with Gasteiger partial charge in [0, 0.05) is 38.1 Å². The molecule has 1 saturated heterocycles. The quantitative estimate of drug-likeness (QED) is 0.794. The van der Waals surface area contributed by atoms with E-state index in [1.165, 1.54) is 0 Å². The Morgan fingerprint density at radius 2 is 1.94 bits per heavy atom. The molecule has 2 atom stereocenters. The van der Waals surface area contributed by atoms with Crippen molar-refractivity contribution in [3.8, 4) is 0 Å². The normalized spacial score (nSPS) is 27.0. The fraction of sp³-hybridized carbons (Fsp3) is 1.00. The van der Waals surface area contributed by atoms with Gasteiger partial charge in [0.15, 0.2) is 0 Å². The Morgan fingerprint density at radius 3 is 2.50 bits per heavy atom. The van der Waals surface area contributed by atoms with Gasteiger partial charge in [-0.15, -0.1) is 0 Å². The van der Waals surface area contributed by atoms with Crippen molar-refractivity contribution in [2.75, 3.05) is 33.7 Å². The first kappa shape index (κ1) is 13.7. The van der Waals surface area contributed by atoms with Crippen LogP contribution >= 0.6 is 0 Å². The van der Waals surface area contributed by atoms with Gasteiger partial charge in [0.25, 0.3) is 0 Å². The van der Waals surface area contributed by atoms with Crippen molar-refractivity contribution in [3.05, 3.63) is 0 Å². The highest BCUT2D eigenvalue weighted by Gasteiger charge is 2.32. The molecule has 0 aromatic heterocycles. The van der Waals surface area contributed by atoms with E-state index < -0.39 is 18.6 Å². The molecular weight excluding hydrogens is 219 g/mol. The third-order valence-corrected chi connectivity index (χ3v) is 3.15. The maximum absolute atomic E-state index is 12.1. The monoisotopic (exact) mass is 239 g/mol. The first-order chi connectivity index (χ1) is 7.29. The summed E-state index contributed by atoms with van der Waals surface area (Å²) in [7, 11) is 3.89. The molecule has 1 heterocycles. The maximum atomic E-state index is 12.1. The second-order valence-corrected chi connectivity index (χ2v) is 4.63. The molecule has 0 aromatic rings. The Hall–Kier alpha value is -0.330. The molecule has 0 radical (unpaired) electrons. The number of hydrogen-bond acceptors (Lipinski definition) is 3. The van der Waals surface area contributed by atoms with Crippen LogP contribution in [0.5, 0.6) is 0 Å². The van der Waals surface area contributed by atoms with Crippen molar-refractivity contribution >= 4 is 0 Å². The predicted octanol–water partition coefficient (Wildman–Crippen LogP) is 0.902. The number of rotatable bonds is 3. The minimum atomic E-state index is -4.10. The lowest BCUT2D eigenvalue weighted by atomic mass is 10.00. The zero-order chi connectivity index (χ0) is 12.3. The van der Waals surface area contributed by atoms with Crippen LogP contribution in [-0.2, 0) is 0 Å². The maximum Gasteiger partial charge on any atom is 0.389 e. The summed E-state index contributed by atoms with van der Waals surface area (Å²) in [5, 5.41) is 0. The third-order valence-electron chi connectivity index (χ3n) is 3.15. The predicted molar refractivity (Wildman–Crippen MR) is 57.2 cm³/mol. The van der Waals surface area contributed by atoms with Gasteiger partial charge in [-0.25, -0.2) is 0 Å². The van der Waals surface area contributed by atoms with E-state index in [2.05, 4.69) is 9.80 Å². The van der Waals surface area contributed by atoms with E-state index in [0.29, 0.717) is 0 Å². The second kappa shape index (κ2) is 5.33. The first-order valence-corrected chi connectivity index (χ1v) is 5.50. The number of likely N-dealkylation sites (N-methyl/N-ethyl adjacent to an activating group) is 2. The van der Waals surface area contributed by atoms with Gasteiger partial charge in [0.1, 0.15) is 0 Å². The molecule has 1 rings (SSSR count). The molecule has 6 heteroatoms. The third kappa shape index (κ3) is 4.27. The largest absolute Gasteiger partial charge is 0.389 e. The second-order valence-electron chi connectivity index (χ2n) is 4.63. The number of nitrogens with zero attached hydrogens (tertiary/aromatic N) is 2. The van der Waals surface area contributed by atoms with Crippen LogP contribution < -0.4 is 5.73 Å². The van der Waals surface area contributed by atoms with Crippen molar-refractivity contribution in [3.63, 3.8) is 0 Å². The Balaban J connectivity index is 2.42. The van der Waals surface area contributed by atoms with E-state index in [1.54, 1.807) is 0 Å². The van der Waals surface area contributed by atoms with E-state index in [0.717, 1.165) is 19.6 Å². The Morgan fingerprint density at radius 1 is 1.31 bits per heavy atom. The average molecular weight is 239 g/mol. The van der Waals surface area contributed by atoms with Crippen LogP contribution in [0.4, 0.5) is 13.2 Å². The molecule has 0 spiro atoms. The Bertz CT molecular complexity index is 220. The van der Waals surface area contributed by atoms with Crippen molar-refractivity contribution in [2.45, 2.75) is 31.1 Å². The van der Waals surface area contributed by atoms with Crippen molar-refractivity contribution in [1.82, 2.24) is 9.80 Å². The molecule has 0 aliphatic carbocycles. The molecule has 0 saturated carbocycles. The van der Waals surface area contributed by atoms with E-state index in [1.807, 2.05) is 14.1 Å². The highest BCUT2D eigenvalue weighted by molar-refractivity contribution is 4.87. The zero-order valence-corrected chi connectivity index (χ0v) is 9.80. The lowest BCUT2D eigenvalue weighted by Gasteiger charge is -2.40. The van der Waals surface area contributed by atoms with Crippen molar-refractivity contribution < 1.29 is 13.2 Å². The van der Waals surface area contributed by atoms with Crippen LogP contribution in [0.2, 0.25) is 0 Å². The smallest absolute Gasteiger partial charge is 0.326 e. The van der Waals surface area contributed by atoms with E-state index in [-0.39, 0.29) is 12.5 Å². The number of piperazine rings is 1. The molecular formula is C10H20F3N3. The summed E-state index contributed by atoms with van der Waals surface area (Å²) < 4.78 is 36.2. The van der Waals surface area contributed by atoms with Gasteiger partial charge < -0.3 is 10.6 Å². The van der Waals surface area contributed by atoms with Gasteiger partial charge >= 0.3 is 6.18 Å². The number of hydrogen-bond donors (Lipinski definition) is 1. The molecule has 1 aliphatic rings. The van der Waals surface area contributed by atoms with E-state index >= 15 is 0 Å². The summed E-state index contributed by atoms with van der Waals surface area (Å²) in [4.78, 5) is 4.17. The Kier molecular flexibility index (Phi) is 4.58. The number of nitrogens with two attached hydrogens (primary N) is 1. The van der Waals surface area contributed by atoms with Gasteiger partial charge in [-0.05, 0) is 20.5 Å². The van der Waals surface area contributed by atoms with Crippen LogP contribution in [0.15, 0.2) is 0 Å². The zero-order valence-electron chi connectivity index (χ0n) is 9.80. The summed E-state index contributed by atoms with van der Waals surface area (Å²) in [5.41, 5.74) is 5.84. The summed E-state index contributed by atoms with van der Waals surface area (Å²) in [6, 6.07) is -0.379. The van der Waals surface area contributed by atoms with Gasteiger partial charge in [0.05, 0.1) is 0 Å². The summed E-state index contributed by atoms with van der Waals surface area (Å²) >= 11 is 0. The van der Waals surface area contributed by atoms with Gasteiger partial charge in [-0.1, -0.05) is 0 Å². The molecule has 96 valence electrons.